The van der Waals surface area contributed by atoms with E-state index in [0.29, 0.717) is 5.11 Å². The van der Waals surface area contributed by atoms with Crippen LogP contribution in [-0.4, -0.2) is 55.6 Å². The van der Waals surface area contributed by atoms with Gasteiger partial charge in [0.1, 0.15) is 0 Å². The van der Waals surface area contributed by atoms with E-state index in [-0.39, 0.29) is 0 Å². The van der Waals surface area contributed by atoms with Gasteiger partial charge in [0, 0.05) is 35.9 Å². The van der Waals surface area contributed by atoms with Crippen molar-refractivity contribution >= 4 is 34.9 Å². The summed E-state index contributed by atoms with van der Waals surface area (Å²) in [4.78, 5) is 4.68. The average Bonchev–Trinajstić information content (AvgIpc) is 3.12. The second kappa shape index (κ2) is 9.62. The Kier molecular flexibility index (Phi) is 6.93. The van der Waals surface area contributed by atoms with E-state index < -0.39 is 0 Å². The zero-order valence-corrected chi connectivity index (χ0v) is 15.6. The number of nitrogens with one attached hydrogen (secondary N) is 2. The third-order valence-corrected chi connectivity index (χ3v) is 5.16. The van der Waals surface area contributed by atoms with Gasteiger partial charge in [0.2, 0.25) is 0 Å². The van der Waals surface area contributed by atoms with Crippen LogP contribution in [0.2, 0.25) is 0 Å². The lowest BCUT2D eigenvalue weighted by Crippen LogP contribution is -2.42. The molecule has 1 aliphatic heterocycles. The van der Waals surface area contributed by atoms with Crippen molar-refractivity contribution in [2.45, 2.75) is 0 Å². The molecule has 0 radical (unpaired) electrons. The Labute approximate surface area is 157 Å². The van der Waals surface area contributed by atoms with Crippen LogP contribution < -0.4 is 10.7 Å². The Balaban J connectivity index is 1.39. The maximum Gasteiger partial charge on any atom is 0.187 e. The normalized spacial score (nSPS) is 15.4. The second-order valence-electron chi connectivity index (χ2n) is 5.65. The van der Waals surface area contributed by atoms with Crippen molar-refractivity contribution in [3.05, 3.63) is 47.3 Å². The smallest absolute Gasteiger partial charge is 0.187 e. The van der Waals surface area contributed by atoms with Crippen LogP contribution in [0.15, 0.2) is 47.6 Å². The van der Waals surface area contributed by atoms with Crippen LogP contribution in [0.5, 0.6) is 0 Å². The van der Waals surface area contributed by atoms with Crippen molar-refractivity contribution in [3.63, 3.8) is 0 Å². The third kappa shape index (κ3) is 5.89. The van der Waals surface area contributed by atoms with E-state index in [2.05, 4.69) is 45.0 Å². The zero-order valence-electron chi connectivity index (χ0n) is 14.0. The van der Waals surface area contributed by atoms with Crippen molar-refractivity contribution in [2.24, 2.45) is 5.10 Å². The maximum absolute atomic E-state index is 5.33. The Morgan fingerprint density at radius 2 is 2.00 bits per heavy atom. The number of rotatable bonds is 6. The molecule has 7 heteroatoms. The molecule has 2 N–H and O–H groups in total. The van der Waals surface area contributed by atoms with E-state index in [4.69, 9.17) is 17.0 Å². The van der Waals surface area contributed by atoms with Gasteiger partial charge in [-0.25, -0.2) is 0 Å². The topological polar surface area (TPSA) is 48.9 Å². The molecule has 1 aromatic carbocycles. The summed E-state index contributed by atoms with van der Waals surface area (Å²) in [5.41, 5.74) is 4.09. The minimum absolute atomic E-state index is 0.546. The summed E-state index contributed by atoms with van der Waals surface area (Å²) in [5, 5.41) is 7.93. The van der Waals surface area contributed by atoms with Crippen LogP contribution in [0.4, 0.5) is 0 Å². The molecule has 5 nitrogen and oxygen atoms in total. The number of benzene rings is 1. The van der Waals surface area contributed by atoms with Crippen molar-refractivity contribution in [3.8, 4) is 10.4 Å². The zero-order chi connectivity index (χ0) is 17.3. The number of hydrazone groups is 1. The molecule has 1 saturated heterocycles. The van der Waals surface area contributed by atoms with Gasteiger partial charge in [-0.15, -0.1) is 11.3 Å². The summed E-state index contributed by atoms with van der Waals surface area (Å²) in [7, 11) is 0. The number of thiophene rings is 1. The number of nitrogens with zero attached hydrogens (tertiary/aromatic N) is 2. The molecule has 0 unspecified atom stereocenters. The fraction of sp³-hybridized carbons (Fsp3) is 0.333. The van der Waals surface area contributed by atoms with Crippen LogP contribution in [0.1, 0.15) is 4.88 Å². The number of hydrogen-bond donors (Lipinski definition) is 2. The molecule has 132 valence electrons. The molecular weight excluding hydrogens is 352 g/mol. The molecule has 2 aromatic rings. The van der Waals surface area contributed by atoms with E-state index in [1.54, 1.807) is 17.6 Å². The molecule has 0 saturated carbocycles. The number of hydrogen-bond acceptors (Lipinski definition) is 5. The Bertz CT molecular complexity index is 696. The summed E-state index contributed by atoms with van der Waals surface area (Å²) in [6.07, 6.45) is 1.80. The molecule has 1 aliphatic rings. The van der Waals surface area contributed by atoms with Gasteiger partial charge in [0.25, 0.3) is 0 Å². The average molecular weight is 375 g/mol. The number of thiocarbonyl (C=S) groups is 1. The van der Waals surface area contributed by atoms with Crippen LogP contribution in [0, 0.1) is 0 Å². The highest BCUT2D eigenvalue weighted by molar-refractivity contribution is 7.80. The largest absolute Gasteiger partial charge is 0.379 e. The highest BCUT2D eigenvalue weighted by Crippen LogP contribution is 2.26. The Morgan fingerprint density at radius 3 is 2.80 bits per heavy atom. The van der Waals surface area contributed by atoms with E-state index >= 15 is 0 Å². The second-order valence-corrected chi connectivity index (χ2v) is 7.17. The van der Waals surface area contributed by atoms with Crippen molar-refractivity contribution in [2.75, 3.05) is 39.4 Å². The Morgan fingerprint density at radius 1 is 1.20 bits per heavy atom. The SMILES string of the molecule is S=C(NCCN1CCOCC1)N/N=C\c1ccc(-c2ccccc2)s1. The highest BCUT2D eigenvalue weighted by Gasteiger charge is 2.09. The summed E-state index contributed by atoms with van der Waals surface area (Å²) < 4.78 is 5.33. The van der Waals surface area contributed by atoms with Crippen LogP contribution in [0.3, 0.4) is 0 Å². The van der Waals surface area contributed by atoms with Gasteiger partial charge >= 0.3 is 0 Å². The van der Waals surface area contributed by atoms with Crippen molar-refractivity contribution in [1.82, 2.24) is 15.6 Å². The van der Waals surface area contributed by atoms with E-state index in [1.807, 2.05) is 18.2 Å². The maximum atomic E-state index is 5.33. The minimum Gasteiger partial charge on any atom is -0.379 e. The molecule has 1 fully saturated rings. The molecular formula is C18H22N4OS2. The number of morpholine rings is 1. The quantitative estimate of drug-likeness (QED) is 0.462. The van der Waals surface area contributed by atoms with E-state index in [9.17, 15) is 0 Å². The fourth-order valence-corrected chi connectivity index (χ4v) is 3.57. The predicted octanol–water partition coefficient (Wildman–Crippen LogP) is 2.55. The molecule has 2 heterocycles. The van der Waals surface area contributed by atoms with Crippen LogP contribution in [-0.2, 0) is 4.74 Å². The molecule has 0 atom stereocenters. The highest BCUT2D eigenvalue weighted by atomic mass is 32.1. The van der Waals surface area contributed by atoms with Gasteiger partial charge in [0.05, 0.1) is 19.4 Å². The first-order valence-corrected chi connectivity index (χ1v) is 9.56. The monoisotopic (exact) mass is 374 g/mol. The van der Waals surface area contributed by atoms with Gasteiger partial charge in [-0.05, 0) is 29.9 Å². The first-order chi connectivity index (χ1) is 12.3. The molecule has 0 bridgehead atoms. The van der Waals surface area contributed by atoms with Crippen LogP contribution in [0.25, 0.3) is 10.4 Å². The summed E-state index contributed by atoms with van der Waals surface area (Å²) >= 11 is 6.95. The van der Waals surface area contributed by atoms with Gasteiger partial charge < -0.3 is 10.1 Å². The Hall–Kier alpha value is -1.80. The van der Waals surface area contributed by atoms with E-state index in [1.165, 1.54) is 10.4 Å². The third-order valence-electron chi connectivity index (χ3n) is 3.86. The molecule has 0 spiro atoms. The summed E-state index contributed by atoms with van der Waals surface area (Å²) in [6.45, 7) is 5.38. The minimum atomic E-state index is 0.546. The summed E-state index contributed by atoms with van der Waals surface area (Å²) in [5.74, 6) is 0. The lowest BCUT2D eigenvalue weighted by Gasteiger charge is -2.26. The first kappa shape index (κ1) is 18.0. The van der Waals surface area contributed by atoms with Gasteiger partial charge in [-0.3, -0.25) is 10.3 Å². The fourth-order valence-electron chi connectivity index (χ4n) is 2.53. The predicted molar refractivity (Wildman–Crippen MR) is 108 cm³/mol. The first-order valence-electron chi connectivity index (χ1n) is 8.33. The molecule has 0 aliphatic carbocycles. The molecule has 0 amide bonds. The van der Waals surface area contributed by atoms with Gasteiger partial charge in [-0.1, -0.05) is 30.3 Å². The van der Waals surface area contributed by atoms with Gasteiger partial charge in [0.15, 0.2) is 5.11 Å². The lowest BCUT2D eigenvalue weighted by atomic mass is 10.2. The van der Waals surface area contributed by atoms with Gasteiger partial charge in [-0.2, -0.15) is 5.10 Å². The number of ether oxygens (including phenoxy) is 1. The lowest BCUT2D eigenvalue weighted by molar-refractivity contribution is 0.0389. The molecule has 25 heavy (non-hydrogen) atoms. The van der Waals surface area contributed by atoms with Crippen molar-refractivity contribution in [1.29, 1.82) is 0 Å². The van der Waals surface area contributed by atoms with Crippen molar-refractivity contribution < 1.29 is 4.74 Å². The molecule has 1 aromatic heterocycles. The van der Waals surface area contributed by atoms with Crippen LogP contribution >= 0.6 is 23.6 Å². The summed E-state index contributed by atoms with van der Waals surface area (Å²) in [6, 6.07) is 14.5. The standard InChI is InChI=1S/C18H22N4OS2/c24-18(19-8-9-22-10-12-23-13-11-22)21-20-14-16-6-7-17(25-16)15-4-2-1-3-5-15/h1-7,14H,8-13H2,(H2,19,21,24)/b20-14-. The molecule has 3 rings (SSSR count). The van der Waals surface area contributed by atoms with E-state index in [0.717, 1.165) is 44.3 Å².